The smallest absolute Gasteiger partial charge is 0.191 e. The van der Waals surface area contributed by atoms with E-state index in [1.165, 1.54) is 25.0 Å². The molecule has 5 nitrogen and oxygen atoms in total. The number of aromatic nitrogens is 5. The van der Waals surface area contributed by atoms with E-state index in [-0.39, 0.29) is 5.82 Å². The molecule has 0 unspecified atom stereocenters. The average molecular weight is 345 g/mol. The number of fused-ring (bicyclic) bond motifs is 1. The molecule has 4 rings (SSSR count). The number of benzene rings is 1. The Hall–Kier alpha value is -1.89. The fraction of sp³-hybridized carbons (Fsp3) is 0.471. The molecular weight excluding hydrogens is 325 g/mol. The molecule has 0 aliphatic heterocycles. The van der Waals surface area contributed by atoms with Crippen LogP contribution >= 0.6 is 11.8 Å². The largest absolute Gasteiger partial charge is 0.328 e. The molecular formula is C17H20FN5S. The van der Waals surface area contributed by atoms with Crippen LogP contribution in [0.3, 0.4) is 0 Å². The minimum atomic E-state index is -0.248. The summed E-state index contributed by atoms with van der Waals surface area (Å²) in [6, 6.07) is 4.78. The van der Waals surface area contributed by atoms with Crippen molar-refractivity contribution in [3.8, 4) is 0 Å². The first-order chi connectivity index (χ1) is 11.7. The third-order valence-corrected chi connectivity index (χ3v) is 5.40. The second-order valence-corrected chi connectivity index (χ2v) is 7.00. The lowest BCUT2D eigenvalue weighted by molar-refractivity contribution is 0.629. The summed E-state index contributed by atoms with van der Waals surface area (Å²) in [6.45, 7) is 5.91. The highest BCUT2D eigenvalue weighted by Crippen LogP contribution is 2.40. The molecule has 1 aliphatic rings. The molecule has 1 aliphatic carbocycles. The number of halogens is 1. The highest BCUT2D eigenvalue weighted by atomic mass is 32.2. The molecule has 1 fully saturated rings. The van der Waals surface area contributed by atoms with E-state index in [1.54, 1.807) is 17.8 Å². The number of hydrogen-bond donors (Lipinski definition) is 0. The first-order valence-electron chi connectivity index (χ1n) is 8.41. The molecule has 1 aromatic carbocycles. The van der Waals surface area contributed by atoms with E-state index >= 15 is 0 Å². The second kappa shape index (κ2) is 6.20. The van der Waals surface area contributed by atoms with E-state index in [9.17, 15) is 4.39 Å². The standard InChI is InChI=1S/C17H20FN5S/c1-3-22-14-8-7-12(18)9-13(14)19-15(22)10-24-17-21-20-16(11-5-6-11)23(17)4-2/h7-9,11H,3-6,10H2,1-2H3. The zero-order valence-electron chi connectivity index (χ0n) is 13.9. The third-order valence-electron chi connectivity index (χ3n) is 4.44. The summed E-state index contributed by atoms with van der Waals surface area (Å²) in [4.78, 5) is 4.61. The van der Waals surface area contributed by atoms with Crippen LogP contribution in [0.2, 0.25) is 0 Å². The molecule has 0 spiro atoms. The lowest BCUT2D eigenvalue weighted by Gasteiger charge is -2.08. The van der Waals surface area contributed by atoms with E-state index in [1.807, 2.05) is 0 Å². The van der Waals surface area contributed by atoms with Gasteiger partial charge in [0.1, 0.15) is 17.5 Å². The van der Waals surface area contributed by atoms with Crippen molar-refractivity contribution in [3.05, 3.63) is 35.7 Å². The van der Waals surface area contributed by atoms with Crippen LogP contribution < -0.4 is 0 Å². The predicted molar refractivity (Wildman–Crippen MR) is 92.6 cm³/mol. The normalized spacial score (nSPS) is 14.6. The van der Waals surface area contributed by atoms with E-state index < -0.39 is 0 Å². The molecule has 0 bridgehead atoms. The van der Waals surface area contributed by atoms with Gasteiger partial charge in [-0.1, -0.05) is 11.8 Å². The Bertz CT molecular complexity index is 881. The van der Waals surface area contributed by atoms with Gasteiger partial charge >= 0.3 is 0 Å². The van der Waals surface area contributed by atoms with Gasteiger partial charge in [0.15, 0.2) is 5.16 Å². The second-order valence-electron chi connectivity index (χ2n) is 6.05. The molecule has 126 valence electrons. The van der Waals surface area contributed by atoms with Crippen molar-refractivity contribution in [2.45, 2.75) is 56.6 Å². The van der Waals surface area contributed by atoms with Crippen molar-refractivity contribution in [2.24, 2.45) is 0 Å². The molecule has 1 saturated carbocycles. The predicted octanol–water partition coefficient (Wildman–Crippen LogP) is 3.98. The fourth-order valence-electron chi connectivity index (χ4n) is 3.09. The van der Waals surface area contributed by atoms with Gasteiger partial charge in [-0.2, -0.15) is 0 Å². The van der Waals surface area contributed by atoms with Gasteiger partial charge in [-0.25, -0.2) is 9.37 Å². The zero-order chi connectivity index (χ0) is 16.7. The Morgan fingerprint density at radius 1 is 1.17 bits per heavy atom. The van der Waals surface area contributed by atoms with Crippen LogP contribution in [0.25, 0.3) is 11.0 Å². The van der Waals surface area contributed by atoms with Crippen LogP contribution in [0, 0.1) is 5.82 Å². The molecule has 24 heavy (non-hydrogen) atoms. The van der Waals surface area contributed by atoms with Crippen LogP contribution in [0.5, 0.6) is 0 Å². The highest BCUT2D eigenvalue weighted by Gasteiger charge is 2.30. The molecule has 0 radical (unpaired) electrons. The van der Waals surface area contributed by atoms with Crippen LogP contribution in [-0.4, -0.2) is 24.3 Å². The van der Waals surface area contributed by atoms with Crippen molar-refractivity contribution >= 4 is 22.8 Å². The summed E-state index contributed by atoms with van der Waals surface area (Å²) in [5, 5.41) is 9.68. The lowest BCUT2D eigenvalue weighted by Crippen LogP contribution is -2.03. The van der Waals surface area contributed by atoms with Gasteiger partial charge < -0.3 is 9.13 Å². The molecule has 2 aromatic heterocycles. The summed E-state index contributed by atoms with van der Waals surface area (Å²) in [6.07, 6.45) is 2.44. The number of nitrogens with zero attached hydrogens (tertiary/aromatic N) is 5. The third kappa shape index (κ3) is 2.70. The molecule has 2 heterocycles. The quantitative estimate of drug-likeness (QED) is 0.634. The van der Waals surface area contributed by atoms with E-state index in [2.05, 4.69) is 38.2 Å². The van der Waals surface area contributed by atoms with Crippen molar-refractivity contribution < 1.29 is 4.39 Å². The monoisotopic (exact) mass is 345 g/mol. The van der Waals surface area contributed by atoms with Gasteiger partial charge in [0.05, 0.1) is 16.8 Å². The van der Waals surface area contributed by atoms with Gasteiger partial charge in [0.25, 0.3) is 0 Å². The summed E-state index contributed by atoms with van der Waals surface area (Å²) in [5.41, 5.74) is 1.69. The van der Waals surface area contributed by atoms with Gasteiger partial charge in [0, 0.05) is 25.1 Å². The van der Waals surface area contributed by atoms with E-state index in [4.69, 9.17) is 0 Å². The minimum absolute atomic E-state index is 0.248. The van der Waals surface area contributed by atoms with Crippen molar-refractivity contribution in [1.29, 1.82) is 0 Å². The number of thioether (sulfide) groups is 1. The van der Waals surface area contributed by atoms with E-state index in [0.717, 1.165) is 35.4 Å². The maximum atomic E-state index is 13.4. The molecule has 0 N–H and O–H groups in total. The molecule has 7 heteroatoms. The highest BCUT2D eigenvalue weighted by molar-refractivity contribution is 7.98. The lowest BCUT2D eigenvalue weighted by atomic mass is 10.3. The van der Waals surface area contributed by atoms with E-state index in [0.29, 0.717) is 17.2 Å². The number of rotatable bonds is 6. The van der Waals surface area contributed by atoms with Crippen molar-refractivity contribution in [1.82, 2.24) is 24.3 Å². The number of hydrogen-bond acceptors (Lipinski definition) is 4. The summed E-state index contributed by atoms with van der Waals surface area (Å²) in [5.74, 6) is 3.11. The Morgan fingerprint density at radius 3 is 2.67 bits per heavy atom. The van der Waals surface area contributed by atoms with Crippen molar-refractivity contribution in [2.75, 3.05) is 0 Å². The van der Waals surface area contributed by atoms with Crippen LogP contribution in [0.4, 0.5) is 4.39 Å². The first-order valence-corrected chi connectivity index (χ1v) is 9.40. The number of aryl methyl sites for hydroxylation is 1. The summed E-state index contributed by atoms with van der Waals surface area (Å²) in [7, 11) is 0. The summed E-state index contributed by atoms with van der Waals surface area (Å²) < 4.78 is 17.8. The minimum Gasteiger partial charge on any atom is -0.328 e. The Balaban J connectivity index is 1.61. The zero-order valence-corrected chi connectivity index (χ0v) is 14.7. The van der Waals surface area contributed by atoms with Gasteiger partial charge in [-0.05, 0) is 38.8 Å². The SMILES string of the molecule is CCn1c(SCc2nc3cc(F)ccc3n2CC)nnc1C1CC1. The fourth-order valence-corrected chi connectivity index (χ4v) is 4.05. The molecule has 0 atom stereocenters. The molecule has 0 amide bonds. The molecule has 3 aromatic rings. The van der Waals surface area contributed by atoms with Gasteiger partial charge in [-0.3, -0.25) is 0 Å². The maximum absolute atomic E-state index is 13.4. The Labute approximate surface area is 144 Å². The van der Waals surface area contributed by atoms with Crippen LogP contribution in [-0.2, 0) is 18.8 Å². The summed E-state index contributed by atoms with van der Waals surface area (Å²) >= 11 is 1.65. The van der Waals surface area contributed by atoms with Crippen LogP contribution in [0.1, 0.15) is 44.3 Å². The topological polar surface area (TPSA) is 48.5 Å². The van der Waals surface area contributed by atoms with Gasteiger partial charge in [0.2, 0.25) is 0 Å². The van der Waals surface area contributed by atoms with Gasteiger partial charge in [-0.15, -0.1) is 10.2 Å². The molecule has 0 saturated heterocycles. The maximum Gasteiger partial charge on any atom is 0.191 e. The van der Waals surface area contributed by atoms with Crippen LogP contribution in [0.15, 0.2) is 23.4 Å². The Morgan fingerprint density at radius 2 is 1.96 bits per heavy atom. The van der Waals surface area contributed by atoms with Crippen molar-refractivity contribution in [3.63, 3.8) is 0 Å². The average Bonchev–Trinajstić information content (AvgIpc) is 3.25. The first kappa shape index (κ1) is 15.6. The number of imidazole rings is 1. The Kier molecular flexibility index (Phi) is 4.04.